The highest BCUT2D eigenvalue weighted by atomic mass is 16.2. The van der Waals surface area contributed by atoms with E-state index in [4.69, 9.17) is 5.73 Å². The summed E-state index contributed by atoms with van der Waals surface area (Å²) >= 11 is 0. The Bertz CT molecular complexity index is 1540. The molecule has 11 nitrogen and oxygen atoms in total. The van der Waals surface area contributed by atoms with Gasteiger partial charge in [-0.2, -0.15) is 0 Å². The molecule has 4 N–H and O–H groups in total. The van der Waals surface area contributed by atoms with Crippen molar-refractivity contribution in [2.24, 2.45) is 5.73 Å². The van der Waals surface area contributed by atoms with E-state index in [2.05, 4.69) is 25.5 Å². The maximum atomic E-state index is 12.1. The molecule has 0 saturated carbocycles. The first-order valence-electron chi connectivity index (χ1n) is 13.8. The molecule has 43 heavy (non-hydrogen) atoms. The van der Waals surface area contributed by atoms with Crippen LogP contribution in [0.1, 0.15) is 15.9 Å². The highest BCUT2D eigenvalue weighted by Crippen LogP contribution is 2.24. The zero-order valence-electron chi connectivity index (χ0n) is 24.5. The van der Waals surface area contributed by atoms with Gasteiger partial charge in [-0.15, -0.1) is 0 Å². The summed E-state index contributed by atoms with van der Waals surface area (Å²) < 4.78 is 0. The fraction of sp³-hybridized carbons (Fsp3) is 0.219. The Morgan fingerprint density at radius 2 is 1.67 bits per heavy atom. The molecule has 0 spiro atoms. The Morgan fingerprint density at radius 1 is 0.884 bits per heavy atom. The van der Waals surface area contributed by atoms with E-state index in [0.717, 1.165) is 34.6 Å². The molecule has 0 saturated heterocycles. The van der Waals surface area contributed by atoms with E-state index < -0.39 is 0 Å². The molecule has 0 atom stereocenters. The molecule has 0 aliphatic carbocycles. The Balaban J connectivity index is 1.34. The zero-order chi connectivity index (χ0) is 30.8. The van der Waals surface area contributed by atoms with E-state index in [1.54, 1.807) is 54.6 Å². The first-order valence-corrected chi connectivity index (χ1v) is 13.8. The maximum Gasteiger partial charge on any atom is 0.253 e. The highest BCUT2D eigenvalue weighted by Gasteiger charge is 2.11. The van der Waals surface area contributed by atoms with Crippen LogP contribution in [0.25, 0.3) is 11.3 Å². The number of hydrogen-bond donors (Lipinski definition) is 3. The van der Waals surface area contributed by atoms with Crippen LogP contribution >= 0.6 is 0 Å². The molecule has 2 aromatic heterocycles. The predicted octanol–water partition coefficient (Wildman–Crippen LogP) is 3.58. The lowest BCUT2D eigenvalue weighted by Crippen LogP contribution is -2.32. The van der Waals surface area contributed by atoms with Gasteiger partial charge in [0, 0.05) is 50.5 Å². The number of aromatic nitrogens is 2. The SMILES string of the molecule is CN(CCN(C=O)c1cncc(Nc2ccc(-c3ccc(C(=O)N(C)C)cc3)nc2)c1)Cc1cccc(NC(=O)CN)c1. The molecule has 0 unspecified atom stereocenters. The van der Waals surface area contributed by atoms with Crippen molar-refractivity contribution in [3.63, 3.8) is 0 Å². The molecule has 11 heteroatoms. The van der Waals surface area contributed by atoms with Crippen LogP contribution < -0.4 is 21.3 Å². The normalized spacial score (nSPS) is 10.7. The van der Waals surface area contributed by atoms with Gasteiger partial charge in [0.2, 0.25) is 12.3 Å². The third kappa shape index (κ3) is 8.68. The van der Waals surface area contributed by atoms with Crippen molar-refractivity contribution in [1.82, 2.24) is 19.8 Å². The number of anilines is 4. The lowest BCUT2D eigenvalue weighted by Gasteiger charge is -2.23. The summed E-state index contributed by atoms with van der Waals surface area (Å²) in [4.78, 5) is 49.8. The van der Waals surface area contributed by atoms with Gasteiger partial charge in [0.1, 0.15) is 0 Å². The fourth-order valence-electron chi connectivity index (χ4n) is 4.37. The number of rotatable bonds is 13. The summed E-state index contributed by atoms with van der Waals surface area (Å²) in [6, 6.07) is 20.6. The van der Waals surface area contributed by atoms with Crippen molar-refractivity contribution in [2.75, 3.05) is 56.3 Å². The molecule has 0 aliphatic rings. The Hall–Kier alpha value is -5.13. The molecule has 4 aromatic rings. The first-order chi connectivity index (χ1) is 20.7. The molecule has 0 radical (unpaired) electrons. The second-order valence-electron chi connectivity index (χ2n) is 10.3. The Labute approximate surface area is 251 Å². The molecule has 4 rings (SSSR count). The summed E-state index contributed by atoms with van der Waals surface area (Å²) in [6.45, 7) is 1.65. The van der Waals surface area contributed by atoms with E-state index in [0.29, 0.717) is 36.6 Å². The van der Waals surface area contributed by atoms with Crippen molar-refractivity contribution in [2.45, 2.75) is 6.54 Å². The highest BCUT2D eigenvalue weighted by molar-refractivity contribution is 5.94. The number of likely N-dealkylation sites (N-methyl/N-ethyl adjacent to an activating group) is 1. The second kappa shape index (κ2) is 14.7. The number of pyridine rings is 2. The van der Waals surface area contributed by atoms with Crippen LogP contribution in [0.5, 0.6) is 0 Å². The van der Waals surface area contributed by atoms with Gasteiger partial charge in [-0.25, -0.2) is 0 Å². The van der Waals surface area contributed by atoms with Crippen molar-refractivity contribution in [3.8, 4) is 11.3 Å². The summed E-state index contributed by atoms with van der Waals surface area (Å²) in [5.41, 5.74) is 11.6. The summed E-state index contributed by atoms with van der Waals surface area (Å²) in [5, 5.41) is 6.05. The van der Waals surface area contributed by atoms with Crippen LogP contribution in [0.4, 0.5) is 22.7 Å². The number of carbonyl (C=O) groups is 3. The van der Waals surface area contributed by atoms with Gasteiger partial charge >= 0.3 is 0 Å². The number of benzene rings is 2. The summed E-state index contributed by atoms with van der Waals surface area (Å²) in [7, 11) is 5.42. The molecular formula is C32H36N8O3. The molecular weight excluding hydrogens is 544 g/mol. The smallest absolute Gasteiger partial charge is 0.253 e. The van der Waals surface area contributed by atoms with Crippen molar-refractivity contribution in [1.29, 1.82) is 0 Å². The van der Waals surface area contributed by atoms with Gasteiger partial charge in [0.05, 0.1) is 47.9 Å². The van der Waals surface area contributed by atoms with Crippen LogP contribution in [0.15, 0.2) is 85.3 Å². The number of amides is 3. The van der Waals surface area contributed by atoms with E-state index in [1.165, 1.54) is 0 Å². The fourth-order valence-corrected chi connectivity index (χ4v) is 4.37. The number of carbonyl (C=O) groups excluding carboxylic acids is 3. The molecule has 3 amide bonds. The van der Waals surface area contributed by atoms with Gasteiger partial charge in [-0.1, -0.05) is 24.3 Å². The average Bonchev–Trinajstić information content (AvgIpc) is 3.01. The molecule has 2 aromatic carbocycles. The van der Waals surface area contributed by atoms with Gasteiger partial charge in [0.15, 0.2) is 0 Å². The van der Waals surface area contributed by atoms with E-state index in [1.807, 2.05) is 61.6 Å². The monoisotopic (exact) mass is 580 g/mol. The topological polar surface area (TPSA) is 137 Å². The molecule has 0 aliphatic heterocycles. The number of nitrogens with zero attached hydrogens (tertiary/aromatic N) is 5. The summed E-state index contributed by atoms with van der Waals surface area (Å²) in [6.07, 6.45) is 5.85. The van der Waals surface area contributed by atoms with Crippen LogP contribution in [-0.2, 0) is 16.1 Å². The number of nitrogens with two attached hydrogens (primary N) is 1. The summed E-state index contributed by atoms with van der Waals surface area (Å²) in [5.74, 6) is -0.292. The Kier molecular flexibility index (Phi) is 10.5. The zero-order valence-corrected chi connectivity index (χ0v) is 24.5. The van der Waals surface area contributed by atoms with Crippen molar-refractivity contribution in [3.05, 3.63) is 96.4 Å². The minimum absolute atomic E-state index is 0.0486. The van der Waals surface area contributed by atoms with Gasteiger partial charge < -0.3 is 31.1 Å². The van der Waals surface area contributed by atoms with Gasteiger partial charge in [0.25, 0.3) is 5.91 Å². The molecule has 222 valence electrons. The van der Waals surface area contributed by atoms with E-state index in [-0.39, 0.29) is 18.4 Å². The van der Waals surface area contributed by atoms with Crippen molar-refractivity contribution >= 4 is 41.0 Å². The minimum Gasteiger partial charge on any atom is -0.353 e. The quantitative estimate of drug-likeness (QED) is 0.204. The number of hydrogen-bond acceptors (Lipinski definition) is 8. The van der Waals surface area contributed by atoms with Crippen LogP contribution in [0, 0.1) is 0 Å². The third-order valence-electron chi connectivity index (χ3n) is 6.64. The van der Waals surface area contributed by atoms with E-state index >= 15 is 0 Å². The standard InChI is InChI=1S/C32H36N8O3/c1-38(2)32(43)25-9-7-24(8-10-25)30-12-11-27(19-35-30)36-28-16-29(20-34-18-28)40(22-41)14-13-39(3)21-23-5-4-6-26(15-23)37-31(42)17-33/h4-12,15-16,18-20,22,36H,13-14,17,21,33H2,1-3H3,(H,37,42). The maximum absolute atomic E-state index is 12.1. The average molecular weight is 581 g/mol. The molecule has 2 heterocycles. The lowest BCUT2D eigenvalue weighted by molar-refractivity contribution is -0.115. The second-order valence-corrected chi connectivity index (χ2v) is 10.3. The van der Waals surface area contributed by atoms with Crippen molar-refractivity contribution < 1.29 is 14.4 Å². The first kappa shape index (κ1) is 30.8. The molecule has 0 bridgehead atoms. The largest absolute Gasteiger partial charge is 0.353 e. The van der Waals surface area contributed by atoms with Gasteiger partial charge in [-0.05, 0) is 55.1 Å². The minimum atomic E-state index is -0.244. The van der Waals surface area contributed by atoms with E-state index in [9.17, 15) is 14.4 Å². The predicted molar refractivity (Wildman–Crippen MR) is 169 cm³/mol. The molecule has 0 fully saturated rings. The van der Waals surface area contributed by atoms with Crippen LogP contribution in [0.3, 0.4) is 0 Å². The number of nitrogens with one attached hydrogen (secondary N) is 2. The third-order valence-corrected chi connectivity index (χ3v) is 6.64. The van der Waals surface area contributed by atoms with Crippen LogP contribution in [-0.4, -0.2) is 78.8 Å². The lowest BCUT2D eigenvalue weighted by atomic mass is 10.1. The van der Waals surface area contributed by atoms with Crippen LogP contribution in [0.2, 0.25) is 0 Å². The Morgan fingerprint density at radius 3 is 2.35 bits per heavy atom. The van der Waals surface area contributed by atoms with Gasteiger partial charge in [-0.3, -0.25) is 24.4 Å².